The molecular weight excluding hydrogens is 176 g/mol. The lowest BCUT2D eigenvalue weighted by molar-refractivity contribution is 0.0430. The summed E-state index contributed by atoms with van der Waals surface area (Å²) < 4.78 is 2.04. The number of nitrogen functional groups attached to an aromatic ring is 1. The quantitative estimate of drug-likeness (QED) is 0.779. The summed E-state index contributed by atoms with van der Waals surface area (Å²) >= 11 is 0. The van der Waals surface area contributed by atoms with Crippen LogP contribution in [0.4, 0.5) is 5.95 Å². The normalized spacial score (nSPS) is 19.6. The lowest BCUT2D eigenvalue weighted by atomic mass is 9.75. The van der Waals surface area contributed by atoms with E-state index in [0.717, 1.165) is 6.54 Å². The molecule has 1 aliphatic carbocycles. The first-order chi connectivity index (χ1) is 6.64. The Hall–Kier alpha value is -1.03. The van der Waals surface area contributed by atoms with E-state index >= 15 is 0 Å². The summed E-state index contributed by atoms with van der Waals surface area (Å²) in [4.78, 5) is 6.36. The number of likely N-dealkylation sites (N-methyl/N-ethyl adjacent to an activating group) is 1. The first-order valence-corrected chi connectivity index (χ1v) is 5.08. The molecule has 4 nitrogen and oxygen atoms in total. The Labute approximate surface area is 84.7 Å². The Kier molecular flexibility index (Phi) is 2.23. The number of nitrogens with two attached hydrogens (primary N) is 1. The molecule has 0 unspecified atom stereocenters. The minimum absolute atomic E-state index is 0.314. The van der Waals surface area contributed by atoms with E-state index in [1.807, 2.05) is 10.8 Å². The maximum Gasteiger partial charge on any atom is 0.200 e. The largest absolute Gasteiger partial charge is 0.369 e. The van der Waals surface area contributed by atoms with Crippen molar-refractivity contribution in [3.63, 3.8) is 0 Å². The number of anilines is 1. The summed E-state index contributed by atoms with van der Waals surface area (Å²) in [5.74, 6) is 0.623. The summed E-state index contributed by atoms with van der Waals surface area (Å²) in [5.41, 5.74) is 6.07. The molecule has 0 radical (unpaired) electrons. The van der Waals surface area contributed by atoms with Gasteiger partial charge in [0.1, 0.15) is 0 Å². The lowest BCUT2D eigenvalue weighted by Gasteiger charge is -2.47. The Morgan fingerprint density at radius 3 is 2.64 bits per heavy atom. The van der Waals surface area contributed by atoms with Crippen LogP contribution in [-0.4, -0.2) is 34.1 Å². The van der Waals surface area contributed by atoms with Crippen molar-refractivity contribution in [2.75, 3.05) is 19.8 Å². The fourth-order valence-corrected chi connectivity index (χ4v) is 2.12. The number of hydrogen-bond acceptors (Lipinski definition) is 3. The summed E-state index contributed by atoms with van der Waals surface area (Å²) in [5, 5.41) is 0. The molecule has 0 aromatic carbocycles. The van der Waals surface area contributed by atoms with Gasteiger partial charge >= 0.3 is 0 Å². The van der Waals surface area contributed by atoms with Gasteiger partial charge in [0.15, 0.2) is 5.95 Å². The number of aromatic nitrogens is 2. The number of hydrogen-bond donors (Lipinski definition) is 1. The molecule has 0 amide bonds. The Balaban J connectivity index is 2.13. The number of rotatable bonds is 3. The van der Waals surface area contributed by atoms with Gasteiger partial charge in [0, 0.05) is 24.5 Å². The van der Waals surface area contributed by atoms with E-state index in [1.54, 1.807) is 6.20 Å². The van der Waals surface area contributed by atoms with Crippen LogP contribution in [0, 0.1) is 0 Å². The lowest BCUT2D eigenvalue weighted by Crippen LogP contribution is -2.53. The van der Waals surface area contributed by atoms with Gasteiger partial charge in [0.2, 0.25) is 0 Å². The molecule has 1 aromatic heterocycles. The van der Waals surface area contributed by atoms with Gasteiger partial charge in [-0.3, -0.25) is 0 Å². The van der Waals surface area contributed by atoms with E-state index in [4.69, 9.17) is 5.73 Å². The van der Waals surface area contributed by atoms with Crippen LogP contribution < -0.4 is 5.73 Å². The second kappa shape index (κ2) is 3.28. The molecule has 1 saturated carbocycles. The second-order valence-corrected chi connectivity index (χ2v) is 4.39. The summed E-state index contributed by atoms with van der Waals surface area (Å²) in [6.07, 6.45) is 7.57. The zero-order valence-electron chi connectivity index (χ0n) is 8.90. The first-order valence-electron chi connectivity index (χ1n) is 5.08. The fraction of sp³-hybridized carbons (Fsp3) is 0.700. The van der Waals surface area contributed by atoms with Crippen molar-refractivity contribution in [2.24, 2.45) is 0 Å². The Morgan fingerprint density at radius 2 is 2.29 bits per heavy atom. The van der Waals surface area contributed by atoms with Crippen molar-refractivity contribution in [3.8, 4) is 0 Å². The predicted molar refractivity (Wildman–Crippen MR) is 56.9 cm³/mol. The maximum atomic E-state index is 5.76. The van der Waals surface area contributed by atoms with E-state index < -0.39 is 0 Å². The van der Waals surface area contributed by atoms with Gasteiger partial charge in [0.25, 0.3) is 0 Å². The van der Waals surface area contributed by atoms with E-state index in [0.29, 0.717) is 11.5 Å². The number of imidazole rings is 1. The van der Waals surface area contributed by atoms with E-state index in [9.17, 15) is 0 Å². The monoisotopic (exact) mass is 194 g/mol. The topological polar surface area (TPSA) is 47.1 Å². The molecule has 2 rings (SSSR count). The predicted octanol–water partition coefficient (Wildman–Crippen LogP) is 0.950. The average Bonchev–Trinajstić information content (AvgIpc) is 2.43. The van der Waals surface area contributed by atoms with Crippen molar-refractivity contribution >= 4 is 5.95 Å². The van der Waals surface area contributed by atoms with Crippen LogP contribution in [0.3, 0.4) is 0 Å². The van der Waals surface area contributed by atoms with E-state index in [-0.39, 0.29) is 0 Å². The van der Waals surface area contributed by atoms with Crippen LogP contribution in [0.1, 0.15) is 19.3 Å². The molecule has 0 aliphatic heterocycles. The Bertz CT molecular complexity index is 312. The minimum Gasteiger partial charge on any atom is -0.369 e. The molecule has 1 fully saturated rings. The summed E-state index contributed by atoms with van der Waals surface area (Å²) in [7, 11) is 4.29. The van der Waals surface area contributed by atoms with Gasteiger partial charge in [-0.1, -0.05) is 0 Å². The van der Waals surface area contributed by atoms with Crippen molar-refractivity contribution in [2.45, 2.75) is 31.3 Å². The smallest absolute Gasteiger partial charge is 0.200 e. The maximum absolute atomic E-state index is 5.76. The molecule has 14 heavy (non-hydrogen) atoms. The second-order valence-electron chi connectivity index (χ2n) is 4.39. The van der Waals surface area contributed by atoms with Gasteiger partial charge in [-0.2, -0.15) is 0 Å². The van der Waals surface area contributed by atoms with E-state index in [1.165, 1.54) is 19.3 Å². The van der Waals surface area contributed by atoms with E-state index in [2.05, 4.69) is 24.0 Å². The van der Waals surface area contributed by atoms with Crippen LogP contribution in [0.25, 0.3) is 0 Å². The summed E-state index contributed by atoms with van der Waals surface area (Å²) in [6, 6.07) is 0. The molecular formula is C10H18N4. The molecule has 0 atom stereocenters. The third-order valence-corrected chi connectivity index (χ3v) is 3.45. The van der Waals surface area contributed by atoms with Gasteiger partial charge in [0.05, 0.1) is 0 Å². The number of nitrogens with zero attached hydrogens (tertiary/aromatic N) is 3. The molecule has 2 N–H and O–H groups in total. The third-order valence-electron chi connectivity index (χ3n) is 3.45. The minimum atomic E-state index is 0.314. The summed E-state index contributed by atoms with van der Waals surface area (Å²) in [6.45, 7) is 0.964. The van der Waals surface area contributed by atoms with Crippen LogP contribution in [-0.2, 0) is 6.54 Å². The van der Waals surface area contributed by atoms with Gasteiger partial charge < -0.3 is 15.2 Å². The van der Waals surface area contributed by atoms with Crippen LogP contribution in [0.2, 0.25) is 0 Å². The zero-order valence-corrected chi connectivity index (χ0v) is 8.90. The molecule has 0 saturated heterocycles. The highest BCUT2D eigenvalue weighted by Gasteiger charge is 2.39. The fourth-order valence-electron chi connectivity index (χ4n) is 2.12. The van der Waals surface area contributed by atoms with Crippen LogP contribution in [0.5, 0.6) is 0 Å². The van der Waals surface area contributed by atoms with Gasteiger partial charge in [-0.15, -0.1) is 0 Å². The molecule has 1 aromatic rings. The highest BCUT2D eigenvalue weighted by molar-refractivity contribution is 5.18. The van der Waals surface area contributed by atoms with Gasteiger partial charge in [-0.05, 0) is 33.4 Å². The average molecular weight is 194 g/mol. The molecule has 4 heteroatoms. The molecule has 0 spiro atoms. The SMILES string of the molecule is CN(C)C1(Cn2ccnc2N)CCC1. The van der Waals surface area contributed by atoms with Crippen molar-refractivity contribution in [1.82, 2.24) is 14.5 Å². The van der Waals surface area contributed by atoms with Crippen molar-refractivity contribution < 1.29 is 0 Å². The van der Waals surface area contributed by atoms with Crippen molar-refractivity contribution in [1.29, 1.82) is 0 Å². The van der Waals surface area contributed by atoms with Crippen LogP contribution >= 0.6 is 0 Å². The highest BCUT2D eigenvalue weighted by atomic mass is 15.2. The first kappa shape index (κ1) is 9.52. The molecule has 1 aliphatic rings. The molecule has 1 heterocycles. The molecule has 0 bridgehead atoms. The van der Waals surface area contributed by atoms with Gasteiger partial charge in [-0.25, -0.2) is 4.98 Å². The van der Waals surface area contributed by atoms with Crippen LogP contribution in [0.15, 0.2) is 12.4 Å². The molecule has 78 valence electrons. The Morgan fingerprint density at radius 1 is 1.57 bits per heavy atom. The third kappa shape index (κ3) is 1.39. The van der Waals surface area contributed by atoms with Crippen molar-refractivity contribution in [3.05, 3.63) is 12.4 Å². The highest BCUT2D eigenvalue weighted by Crippen LogP contribution is 2.37. The standard InChI is InChI=1S/C10H18N4/c1-13(2)10(4-3-5-10)8-14-7-6-12-9(14)11/h6-7H,3-5,8H2,1-2H3,(H2,11,12). The zero-order chi connectivity index (χ0) is 10.2.